The molecule has 0 fully saturated rings. The first-order valence-electron chi connectivity index (χ1n) is 9.10. The van der Waals surface area contributed by atoms with Gasteiger partial charge in [0.25, 0.3) is 0 Å². The van der Waals surface area contributed by atoms with Crippen LogP contribution in [-0.2, 0) is 21.4 Å². The number of rotatable bonds is 9. The fourth-order valence-electron chi connectivity index (χ4n) is 2.84. The van der Waals surface area contributed by atoms with E-state index in [0.717, 1.165) is 0 Å². The third kappa shape index (κ3) is 5.60. The van der Waals surface area contributed by atoms with Gasteiger partial charge in [0.2, 0.25) is 15.9 Å². The number of nitrogens with zero attached hydrogens (tertiary/aromatic N) is 2. The Hall–Kier alpha value is -2.29. The lowest BCUT2D eigenvalue weighted by atomic mass is 10.2. The van der Waals surface area contributed by atoms with Crippen molar-refractivity contribution in [1.29, 1.82) is 0 Å². The smallest absolute Gasteiger partial charge is 0.243 e. The van der Waals surface area contributed by atoms with Crippen molar-refractivity contribution >= 4 is 21.6 Å². The van der Waals surface area contributed by atoms with Crippen molar-refractivity contribution in [3.8, 4) is 0 Å². The maximum Gasteiger partial charge on any atom is 0.243 e. The van der Waals surface area contributed by atoms with Crippen LogP contribution in [0.25, 0.3) is 0 Å². The molecule has 0 spiro atoms. The summed E-state index contributed by atoms with van der Waals surface area (Å²) >= 11 is 0. The van der Waals surface area contributed by atoms with Crippen LogP contribution in [0.3, 0.4) is 0 Å². The van der Waals surface area contributed by atoms with Crippen molar-refractivity contribution in [2.45, 2.75) is 25.3 Å². The van der Waals surface area contributed by atoms with Crippen LogP contribution in [0.15, 0.2) is 53.4 Å². The Balaban J connectivity index is 1.96. The number of hydrogen-bond donors (Lipinski definition) is 1. The maximum atomic E-state index is 13.7. The molecular weight excluding hydrogens is 381 g/mol. The summed E-state index contributed by atoms with van der Waals surface area (Å²) in [4.78, 5) is 14.1. The third-order valence-corrected chi connectivity index (χ3v) is 6.36. The number of likely N-dealkylation sites (N-methyl/N-ethyl adjacent to an activating group) is 1. The summed E-state index contributed by atoms with van der Waals surface area (Å²) in [6.07, 6.45) is 0. The highest BCUT2D eigenvalue weighted by Crippen LogP contribution is 2.18. The van der Waals surface area contributed by atoms with Gasteiger partial charge in [0.15, 0.2) is 0 Å². The van der Waals surface area contributed by atoms with Crippen LogP contribution in [0.1, 0.15) is 19.4 Å². The van der Waals surface area contributed by atoms with Crippen LogP contribution < -0.4 is 5.32 Å². The van der Waals surface area contributed by atoms with Crippen LogP contribution in [0, 0.1) is 5.82 Å². The molecule has 1 N–H and O–H groups in total. The van der Waals surface area contributed by atoms with Crippen LogP contribution in [0.2, 0.25) is 0 Å². The Bertz CT molecular complexity index is 897. The highest BCUT2D eigenvalue weighted by molar-refractivity contribution is 7.89. The van der Waals surface area contributed by atoms with E-state index in [-0.39, 0.29) is 23.2 Å². The molecule has 0 bridgehead atoms. The van der Waals surface area contributed by atoms with Crippen LogP contribution in [0.4, 0.5) is 10.1 Å². The summed E-state index contributed by atoms with van der Waals surface area (Å²) in [6, 6.07) is 12.5. The summed E-state index contributed by atoms with van der Waals surface area (Å²) in [5.74, 6) is -0.571. The average Bonchev–Trinajstić information content (AvgIpc) is 2.64. The molecule has 8 heteroatoms. The molecule has 6 nitrogen and oxygen atoms in total. The van der Waals surface area contributed by atoms with Crippen LogP contribution in [-0.4, -0.2) is 50.2 Å². The first-order valence-corrected chi connectivity index (χ1v) is 10.5. The van der Waals surface area contributed by atoms with Gasteiger partial charge >= 0.3 is 0 Å². The van der Waals surface area contributed by atoms with Crippen molar-refractivity contribution in [3.63, 3.8) is 0 Å². The van der Waals surface area contributed by atoms with Gasteiger partial charge in [-0.15, -0.1) is 0 Å². The largest absolute Gasteiger partial charge is 0.325 e. The molecule has 0 aliphatic heterocycles. The maximum absolute atomic E-state index is 13.7. The van der Waals surface area contributed by atoms with Gasteiger partial charge in [-0.05, 0) is 37.4 Å². The van der Waals surface area contributed by atoms with E-state index in [1.54, 1.807) is 56.1 Å². The number of halogens is 1. The number of carbonyl (C=O) groups excluding carboxylic acids is 1. The number of amides is 1. The summed E-state index contributed by atoms with van der Waals surface area (Å²) in [7, 11) is -1.80. The van der Waals surface area contributed by atoms with E-state index >= 15 is 0 Å². The van der Waals surface area contributed by atoms with Gasteiger partial charge in [-0.25, -0.2) is 12.8 Å². The van der Waals surface area contributed by atoms with Crippen molar-refractivity contribution < 1.29 is 17.6 Å². The lowest BCUT2D eigenvalue weighted by Crippen LogP contribution is -2.31. The van der Waals surface area contributed by atoms with E-state index in [1.807, 2.05) is 0 Å². The van der Waals surface area contributed by atoms with Crippen molar-refractivity contribution in [2.24, 2.45) is 0 Å². The lowest BCUT2D eigenvalue weighted by Gasteiger charge is -2.19. The summed E-state index contributed by atoms with van der Waals surface area (Å²) in [5, 5.41) is 2.73. The van der Waals surface area contributed by atoms with E-state index in [0.29, 0.717) is 30.9 Å². The SMILES string of the molecule is CCN(CC)S(=O)(=O)c1ccc(NC(=O)CN(C)Cc2ccccc2F)cc1. The fourth-order valence-corrected chi connectivity index (χ4v) is 4.30. The monoisotopic (exact) mass is 407 g/mol. The second-order valence-corrected chi connectivity index (χ2v) is 8.36. The number of benzene rings is 2. The number of anilines is 1. The van der Waals surface area contributed by atoms with Gasteiger partial charge in [-0.3, -0.25) is 9.69 Å². The number of carbonyl (C=O) groups is 1. The normalized spacial score (nSPS) is 11.8. The van der Waals surface area contributed by atoms with Crippen molar-refractivity contribution in [1.82, 2.24) is 9.21 Å². The molecule has 0 atom stereocenters. The Morgan fingerprint density at radius 1 is 1.04 bits per heavy atom. The predicted molar refractivity (Wildman–Crippen MR) is 108 cm³/mol. The van der Waals surface area contributed by atoms with Crippen LogP contribution >= 0.6 is 0 Å². The summed E-state index contributed by atoms with van der Waals surface area (Å²) in [5.41, 5.74) is 1.02. The molecule has 1 amide bonds. The minimum absolute atomic E-state index is 0.0772. The zero-order chi connectivity index (χ0) is 20.7. The van der Waals surface area contributed by atoms with Gasteiger partial charge < -0.3 is 5.32 Å². The zero-order valence-electron chi connectivity index (χ0n) is 16.4. The first kappa shape index (κ1) is 22.0. The summed E-state index contributed by atoms with van der Waals surface area (Å²) in [6.45, 7) is 4.74. The van der Waals surface area contributed by atoms with E-state index in [1.165, 1.54) is 22.5 Å². The van der Waals surface area contributed by atoms with Crippen molar-refractivity contribution in [3.05, 3.63) is 59.9 Å². The Morgan fingerprint density at radius 3 is 2.21 bits per heavy atom. The second-order valence-electron chi connectivity index (χ2n) is 6.43. The Kier molecular flexibility index (Phi) is 7.68. The van der Waals surface area contributed by atoms with Gasteiger partial charge in [0, 0.05) is 30.9 Å². The number of nitrogens with one attached hydrogen (secondary N) is 1. The first-order chi connectivity index (χ1) is 13.3. The zero-order valence-corrected chi connectivity index (χ0v) is 17.2. The van der Waals surface area contributed by atoms with E-state index in [4.69, 9.17) is 0 Å². The van der Waals surface area contributed by atoms with Gasteiger partial charge in [0.05, 0.1) is 11.4 Å². The molecule has 0 aliphatic rings. The molecule has 0 radical (unpaired) electrons. The topological polar surface area (TPSA) is 69.7 Å². The van der Waals surface area contributed by atoms with E-state index in [9.17, 15) is 17.6 Å². The second kappa shape index (κ2) is 9.77. The third-order valence-electron chi connectivity index (χ3n) is 4.29. The number of sulfonamides is 1. The molecule has 0 aromatic heterocycles. The molecule has 0 saturated carbocycles. The highest BCUT2D eigenvalue weighted by Gasteiger charge is 2.21. The predicted octanol–water partition coefficient (Wildman–Crippen LogP) is 2.93. The van der Waals surface area contributed by atoms with Crippen LogP contribution in [0.5, 0.6) is 0 Å². The lowest BCUT2D eigenvalue weighted by molar-refractivity contribution is -0.117. The molecule has 2 rings (SSSR count). The standard InChI is InChI=1S/C20H26FN3O3S/c1-4-24(5-2)28(26,27)18-12-10-17(11-13-18)22-20(25)15-23(3)14-16-8-6-7-9-19(16)21/h6-13H,4-5,14-15H2,1-3H3,(H,22,25). The molecule has 2 aromatic carbocycles. The molecule has 0 unspecified atom stereocenters. The van der Waals surface area contributed by atoms with Gasteiger partial charge in [-0.1, -0.05) is 32.0 Å². The highest BCUT2D eigenvalue weighted by atomic mass is 32.2. The minimum Gasteiger partial charge on any atom is -0.325 e. The molecular formula is C20H26FN3O3S. The van der Waals surface area contributed by atoms with Gasteiger partial charge in [-0.2, -0.15) is 4.31 Å². The van der Waals surface area contributed by atoms with Crippen molar-refractivity contribution in [2.75, 3.05) is 32.0 Å². The van der Waals surface area contributed by atoms with E-state index < -0.39 is 10.0 Å². The fraction of sp³-hybridized carbons (Fsp3) is 0.350. The Labute approximate surface area is 166 Å². The average molecular weight is 408 g/mol. The molecule has 152 valence electrons. The molecule has 0 aliphatic carbocycles. The molecule has 0 heterocycles. The van der Waals surface area contributed by atoms with E-state index in [2.05, 4.69) is 5.32 Å². The number of hydrogen-bond acceptors (Lipinski definition) is 4. The summed E-state index contributed by atoms with van der Waals surface area (Å²) < 4.78 is 40.0. The molecule has 28 heavy (non-hydrogen) atoms. The minimum atomic E-state index is -3.53. The molecule has 0 saturated heterocycles. The Morgan fingerprint density at radius 2 is 1.64 bits per heavy atom. The van der Waals surface area contributed by atoms with Gasteiger partial charge in [0.1, 0.15) is 5.82 Å². The molecule has 2 aromatic rings. The quantitative estimate of drug-likeness (QED) is 0.694.